The SMILES string of the molecule is CN1CCCCCN1S(=O)(=O)c1cccc2cncc(F)c12. The first-order chi connectivity index (χ1) is 10.5. The van der Waals surface area contributed by atoms with Gasteiger partial charge in [-0.15, -0.1) is 4.41 Å². The van der Waals surface area contributed by atoms with Crippen molar-refractivity contribution in [1.29, 1.82) is 0 Å². The number of hydrogen-bond donors (Lipinski definition) is 0. The van der Waals surface area contributed by atoms with Crippen molar-refractivity contribution in [3.63, 3.8) is 0 Å². The zero-order chi connectivity index (χ0) is 15.7. The van der Waals surface area contributed by atoms with Gasteiger partial charge in [0.25, 0.3) is 10.0 Å². The molecule has 1 aromatic heterocycles. The molecule has 2 heterocycles. The van der Waals surface area contributed by atoms with Gasteiger partial charge in [-0.3, -0.25) is 4.98 Å². The van der Waals surface area contributed by atoms with E-state index in [0.717, 1.165) is 25.5 Å². The molecule has 0 radical (unpaired) electrons. The largest absolute Gasteiger partial charge is 0.261 e. The van der Waals surface area contributed by atoms with E-state index in [4.69, 9.17) is 0 Å². The van der Waals surface area contributed by atoms with Crippen LogP contribution in [0.3, 0.4) is 0 Å². The third-order valence-electron chi connectivity index (χ3n) is 3.97. The lowest BCUT2D eigenvalue weighted by molar-refractivity contribution is 0.105. The first-order valence-corrected chi connectivity index (χ1v) is 8.72. The first kappa shape index (κ1) is 15.3. The van der Waals surface area contributed by atoms with Crippen molar-refractivity contribution in [3.8, 4) is 0 Å². The monoisotopic (exact) mass is 323 g/mol. The molecule has 2 aromatic rings. The predicted molar refractivity (Wildman–Crippen MR) is 82.1 cm³/mol. The van der Waals surface area contributed by atoms with E-state index in [1.165, 1.54) is 16.7 Å². The van der Waals surface area contributed by atoms with Crippen molar-refractivity contribution in [1.82, 2.24) is 14.4 Å². The highest BCUT2D eigenvalue weighted by Gasteiger charge is 2.31. The van der Waals surface area contributed by atoms with Crippen molar-refractivity contribution in [2.24, 2.45) is 0 Å². The average molecular weight is 323 g/mol. The maximum absolute atomic E-state index is 14.2. The van der Waals surface area contributed by atoms with Crippen LogP contribution in [0.5, 0.6) is 0 Å². The van der Waals surface area contributed by atoms with Crippen LogP contribution in [-0.2, 0) is 10.0 Å². The molecule has 1 saturated heterocycles. The molecule has 1 fully saturated rings. The third kappa shape index (κ3) is 2.60. The number of nitrogens with zero attached hydrogens (tertiary/aromatic N) is 3. The van der Waals surface area contributed by atoms with Crippen molar-refractivity contribution in [2.45, 2.75) is 24.2 Å². The van der Waals surface area contributed by atoms with Gasteiger partial charge in [-0.1, -0.05) is 18.6 Å². The van der Waals surface area contributed by atoms with Crippen LogP contribution >= 0.6 is 0 Å². The lowest BCUT2D eigenvalue weighted by Gasteiger charge is -2.29. The molecule has 118 valence electrons. The van der Waals surface area contributed by atoms with E-state index >= 15 is 0 Å². The van der Waals surface area contributed by atoms with Gasteiger partial charge in [0.1, 0.15) is 0 Å². The molecule has 0 unspecified atom stereocenters. The Kier molecular flexibility index (Phi) is 4.12. The number of benzene rings is 1. The number of rotatable bonds is 2. The summed E-state index contributed by atoms with van der Waals surface area (Å²) in [4.78, 5) is 3.78. The Morgan fingerprint density at radius 1 is 1.14 bits per heavy atom. The van der Waals surface area contributed by atoms with E-state index in [-0.39, 0.29) is 10.3 Å². The molecule has 0 spiro atoms. The molecule has 3 rings (SSSR count). The Morgan fingerprint density at radius 3 is 2.73 bits per heavy atom. The second kappa shape index (κ2) is 5.91. The van der Waals surface area contributed by atoms with Gasteiger partial charge in [0, 0.05) is 37.1 Å². The van der Waals surface area contributed by atoms with Gasteiger partial charge in [0.05, 0.1) is 11.1 Å². The molecule has 5 nitrogen and oxygen atoms in total. The highest BCUT2D eigenvalue weighted by Crippen LogP contribution is 2.29. The minimum Gasteiger partial charge on any atom is -0.261 e. The molecular weight excluding hydrogens is 305 g/mol. The van der Waals surface area contributed by atoms with Gasteiger partial charge in [0.15, 0.2) is 5.82 Å². The summed E-state index contributed by atoms with van der Waals surface area (Å²) in [5.74, 6) is -0.617. The average Bonchev–Trinajstić information content (AvgIpc) is 2.72. The predicted octanol–water partition coefficient (Wildman–Crippen LogP) is 2.40. The fourth-order valence-electron chi connectivity index (χ4n) is 2.84. The van der Waals surface area contributed by atoms with Crippen molar-refractivity contribution < 1.29 is 12.8 Å². The van der Waals surface area contributed by atoms with Crippen LogP contribution in [0.15, 0.2) is 35.5 Å². The highest BCUT2D eigenvalue weighted by atomic mass is 32.2. The second-order valence-corrected chi connectivity index (χ2v) is 7.28. The summed E-state index contributed by atoms with van der Waals surface area (Å²) in [6, 6.07) is 4.74. The van der Waals surface area contributed by atoms with Crippen LogP contribution in [0.2, 0.25) is 0 Å². The zero-order valence-corrected chi connectivity index (χ0v) is 13.2. The van der Waals surface area contributed by atoms with Gasteiger partial charge in [-0.25, -0.2) is 17.8 Å². The maximum atomic E-state index is 14.2. The molecule has 1 aliphatic rings. The van der Waals surface area contributed by atoms with Gasteiger partial charge in [-0.05, 0) is 18.9 Å². The van der Waals surface area contributed by atoms with Crippen LogP contribution in [-0.4, -0.2) is 43.0 Å². The summed E-state index contributed by atoms with van der Waals surface area (Å²) in [5, 5.41) is 2.30. The smallest absolute Gasteiger partial charge is 0.256 e. The van der Waals surface area contributed by atoms with E-state index in [1.54, 1.807) is 24.2 Å². The molecular formula is C15H18FN3O2S. The van der Waals surface area contributed by atoms with Gasteiger partial charge < -0.3 is 0 Å². The van der Waals surface area contributed by atoms with Crippen molar-refractivity contribution >= 4 is 20.8 Å². The zero-order valence-electron chi connectivity index (χ0n) is 12.4. The molecule has 0 saturated carbocycles. The molecule has 0 bridgehead atoms. The number of sulfonamides is 1. The lowest BCUT2D eigenvalue weighted by Crippen LogP contribution is -2.43. The topological polar surface area (TPSA) is 53.5 Å². The van der Waals surface area contributed by atoms with Crippen molar-refractivity contribution in [2.75, 3.05) is 20.1 Å². The Balaban J connectivity index is 2.17. The summed E-state index contributed by atoms with van der Waals surface area (Å²) in [5.41, 5.74) is 0. The van der Waals surface area contributed by atoms with E-state index in [9.17, 15) is 12.8 Å². The van der Waals surface area contributed by atoms with Gasteiger partial charge in [0.2, 0.25) is 0 Å². The minimum atomic E-state index is -3.79. The van der Waals surface area contributed by atoms with Crippen LogP contribution < -0.4 is 0 Å². The molecule has 0 atom stereocenters. The summed E-state index contributed by atoms with van der Waals surface area (Å²) in [6.45, 7) is 1.09. The van der Waals surface area contributed by atoms with E-state index in [2.05, 4.69) is 4.98 Å². The number of aromatic nitrogens is 1. The Bertz CT molecular complexity index is 789. The first-order valence-electron chi connectivity index (χ1n) is 7.28. The summed E-state index contributed by atoms with van der Waals surface area (Å²) < 4.78 is 41.5. The Labute approximate surface area is 129 Å². The molecule has 0 N–H and O–H groups in total. The molecule has 22 heavy (non-hydrogen) atoms. The van der Waals surface area contributed by atoms with E-state index < -0.39 is 15.8 Å². The molecule has 1 aliphatic heterocycles. The van der Waals surface area contributed by atoms with Crippen LogP contribution in [0, 0.1) is 5.82 Å². The molecule has 1 aromatic carbocycles. The normalized spacial score (nSPS) is 18.5. The number of hydrazine groups is 1. The second-order valence-electron chi connectivity index (χ2n) is 5.47. The van der Waals surface area contributed by atoms with E-state index in [1.807, 2.05) is 0 Å². The Hall–Kier alpha value is -1.57. The Morgan fingerprint density at radius 2 is 1.91 bits per heavy atom. The van der Waals surface area contributed by atoms with Crippen LogP contribution in [0.4, 0.5) is 4.39 Å². The fourth-order valence-corrected chi connectivity index (χ4v) is 4.61. The van der Waals surface area contributed by atoms with E-state index in [0.29, 0.717) is 18.5 Å². The molecule has 7 heteroatoms. The standard InChI is InChI=1S/C15H18FN3O2S/c1-18-8-3-2-4-9-19(18)22(20,21)14-7-5-6-12-10-17-11-13(16)15(12)14/h5-7,10-11H,2-4,8-9H2,1H3. The van der Waals surface area contributed by atoms with Crippen LogP contribution in [0.1, 0.15) is 19.3 Å². The number of fused-ring (bicyclic) bond motifs is 1. The highest BCUT2D eigenvalue weighted by molar-refractivity contribution is 7.89. The molecule has 0 aliphatic carbocycles. The number of pyridine rings is 1. The fraction of sp³-hybridized carbons (Fsp3) is 0.400. The quantitative estimate of drug-likeness (QED) is 0.851. The van der Waals surface area contributed by atoms with Crippen molar-refractivity contribution in [3.05, 3.63) is 36.4 Å². The van der Waals surface area contributed by atoms with Crippen LogP contribution in [0.25, 0.3) is 10.8 Å². The summed E-state index contributed by atoms with van der Waals surface area (Å²) in [7, 11) is -2.04. The maximum Gasteiger partial charge on any atom is 0.256 e. The number of hydrogen-bond acceptors (Lipinski definition) is 4. The molecule has 0 amide bonds. The summed E-state index contributed by atoms with van der Waals surface area (Å²) >= 11 is 0. The lowest BCUT2D eigenvalue weighted by atomic mass is 10.2. The summed E-state index contributed by atoms with van der Waals surface area (Å²) in [6.07, 6.45) is 5.27. The van der Waals surface area contributed by atoms with Gasteiger partial charge >= 0.3 is 0 Å². The van der Waals surface area contributed by atoms with Gasteiger partial charge in [-0.2, -0.15) is 0 Å². The minimum absolute atomic E-state index is 0.00125. The third-order valence-corrected chi connectivity index (χ3v) is 5.88. The number of halogens is 1.